The third kappa shape index (κ3) is 5.08. The van der Waals surface area contributed by atoms with Gasteiger partial charge >= 0.3 is 6.18 Å². The SMILES string of the molecule is C/C=C/N(C)c1cc(NC)c(N)cc1C(=O)NC1CCC(C(F)(F)F)CC1. The normalized spacial score (nSPS) is 20.5. The van der Waals surface area contributed by atoms with E-state index in [0.717, 1.165) is 0 Å². The summed E-state index contributed by atoms with van der Waals surface area (Å²) in [4.78, 5) is 14.6. The lowest BCUT2D eigenvalue weighted by atomic mass is 9.85. The highest BCUT2D eigenvalue weighted by Gasteiger charge is 2.41. The molecule has 8 heteroatoms. The molecule has 0 bridgehead atoms. The molecule has 0 aromatic heterocycles. The number of rotatable bonds is 5. The van der Waals surface area contributed by atoms with E-state index in [2.05, 4.69) is 10.6 Å². The molecular formula is C19H27F3N4O. The number of nitrogen functional groups attached to an aromatic ring is 1. The fraction of sp³-hybridized carbons (Fsp3) is 0.526. The number of hydrogen-bond donors (Lipinski definition) is 3. The Morgan fingerprint density at radius 3 is 2.41 bits per heavy atom. The smallest absolute Gasteiger partial charge is 0.391 e. The molecule has 1 saturated carbocycles. The van der Waals surface area contributed by atoms with E-state index < -0.39 is 12.1 Å². The molecule has 1 fully saturated rings. The van der Waals surface area contributed by atoms with Gasteiger partial charge in [0, 0.05) is 20.1 Å². The first-order valence-corrected chi connectivity index (χ1v) is 9.01. The van der Waals surface area contributed by atoms with E-state index in [1.165, 1.54) is 0 Å². The van der Waals surface area contributed by atoms with Gasteiger partial charge in [0.1, 0.15) is 0 Å². The van der Waals surface area contributed by atoms with Crippen molar-refractivity contribution in [2.75, 3.05) is 30.0 Å². The fourth-order valence-electron chi connectivity index (χ4n) is 3.43. The summed E-state index contributed by atoms with van der Waals surface area (Å²) in [6.07, 6.45) is 0.224. The highest BCUT2D eigenvalue weighted by atomic mass is 19.4. The average Bonchev–Trinajstić information content (AvgIpc) is 2.61. The van der Waals surface area contributed by atoms with Gasteiger partial charge in [0.2, 0.25) is 0 Å². The van der Waals surface area contributed by atoms with Crippen LogP contribution < -0.4 is 21.3 Å². The van der Waals surface area contributed by atoms with Crippen LogP contribution >= 0.6 is 0 Å². The summed E-state index contributed by atoms with van der Waals surface area (Å²) < 4.78 is 38.4. The van der Waals surface area contributed by atoms with Crippen LogP contribution in [0.25, 0.3) is 0 Å². The van der Waals surface area contributed by atoms with Crippen LogP contribution in [0.15, 0.2) is 24.4 Å². The van der Waals surface area contributed by atoms with Gasteiger partial charge in [-0.15, -0.1) is 0 Å². The van der Waals surface area contributed by atoms with Crippen LogP contribution in [0.1, 0.15) is 43.0 Å². The Balaban J connectivity index is 2.17. The lowest BCUT2D eigenvalue weighted by Gasteiger charge is -2.30. The van der Waals surface area contributed by atoms with Crippen molar-refractivity contribution < 1.29 is 18.0 Å². The number of carbonyl (C=O) groups is 1. The predicted molar refractivity (Wildman–Crippen MR) is 103 cm³/mol. The number of nitrogens with zero attached hydrogens (tertiary/aromatic N) is 1. The largest absolute Gasteiger partial charge is 0.397 e. The second-order valence-corrected chi connectivity index (χ2v) is 6.86. The van der Waals surface area contributed by atoms with E-state index in [4.69, 9.17) is 5.73 Å². The average molecular weight is 384 g/mol. The second kappa shape index (κ2) is 8.54. The quantitative estimate of drug-likeness (QED) is 0.668. The summed E-state index contributed by atoms with van der Waals surface area (Å²) in [5.41, 5.74) is 8.19. The van der Waals surface area contributed by atoms with Crippen LogP contribution in [0.5, 0.6) is 0 Å². The van der Waals surface area contributed by atoms with Crippen molar-refractivity contribution in [1.82, 2.24) is 5.32 Å². The first-order chi connectivity index (χ1) is 12.7. The summed E-state index contributed by atoms with van der Waals surface area (Å²) in [5.74, 6) is -1.60. The summed E-state index contributed by atoms with van der Waals surface area (Å²) in [5, 5.41) is 5.86. The molecule has 0 spiro atoms. The fourth-order valence-corrected chi connectivity index (χ4v) is 3.43. The third-order valence-corrected chi connectivity index (χ3v) is 4.96. The number of nitrogens with one attached hydrogen (secondary N) is 2. The number of amides is 1. The summed E-state index contributed by atoms with van der Waals surface area (Å²) in [6.45, 7) is 1.87. The van der Waals surface area contributed by atoms with E-state index >= 15 is 0 Å². The summed E-state index contributed by atoms with van der Waals surface area (Å²) >= 11 is 0. The molecule has 5 nitrogen and oxygen atoms in total. The van der Waals surface area contributed by atoms with Gasteiger partial charge in [-0.05, 0) is 50.9 Å². The van der Waals surface area contributed by atoms with Crippen LogP contribution in [-0.4, -0.2) is 32.2 Å². The number of hydrogen-bond acceptors (Lipinski definition) is 4. The molecule has 1 aromatic carbocycles. The first kappa shape index (κ1) is 20.9. The highest BCUT2D eigenvalue weighted by molar-refractivity contribution is 6.02. The predicted octanol–water partition coefficient (Wildman–Crippen LogP) is 4.13. The van der Waals surface area contributed by atoms with Crippen molar-refractivity contribution in [2.24, 2.45) is 5.92 Å². The molecule has 1 amide bonds. The molecule has 150 valence electrons. The number of benzene rings is 1. The number of carbonyl (C=O) groups excluding carboxylic acids is 1. The van der Waals surface area contributed by atoms with Gasteiger partial charge in [-0.3, -0.25) is 4.79 Å². The zero-order chi connectivity index (χ0) is 20.2. The van der Waals surface area contributed by atoms with Crippen LogP contribution in [0.4, 0.5) is 30.2 Å². The molecular weight excluding hydrogens is 357 g/mol. The van der Waals surface area contributed by atoms with Crippen LogP contribution in [0.3, 0.4) is 0 Å². The van der Waals surface area contributed by atoms with Crippen molar-refractivity contribution in [1.29, 1.82) is 0 Å². The molecule has 2 rings (SSSR count). The van der Waals surface area contributed by atoms with E-state index in [1.54, 1.807) is 24.1 Å². The number of nitrogens with two attached hydrogens (primary N) is 1. The van der Waals surface area contributed by atoms with Crippen LogP contribution in [0.2, 0.25) is 0 Å². The Kier molecular flexibility index (Phi) is 6.62. The molecule has 0 saturated heterocycles. The lowest BCUT2D eigenvalue weighted by molar-refractivity contribution is -0.182. The molecule has 1 aliphatic carbocycles. The van der Waals surface area contributed by atoms with Crippen LogP contribution in [0, 0.1) is 5.92 Å². The van der Waals surface area contributed by atoms with E-state index in [0.29, 0.717) is 35.5 Å². The van der Waals surface area contributed by atoms with Gasteiger partial charge in [0.05, 0.1) is 28.5 Å². The minimum atomic E-state index is -4.16. The molecule has 0 radical (unpaired) electrons. The van der Waals surface area contributed by atoms with E-state index in [9.17, 15) is 18.0 Å². The molecule has 4 N–H and O–H groups in total. The van der Waals surface area contributed by atoms with Gasteiger partial charge in [0.25, 0.3) is 5.91 Å². The van der Waals surface area contributed by atoms with E-state index in [1.807, 2.05) is 26.2 Å². The molecule has 0 unspecified atom stereocenters. The maximum atomic E-state index is 12.8. The number of alkyl halides is 3. The Labute approximate surface area is 157 Å². The standard InChI is InChI=1S/C19H27F3N4O/c1-4-9-26(3)17-11-16(24-2)15(23)10-14(17)18(27)25-13-7-5-12(6-8-13)19(20,21)22/h4,9-13,24H,5-8,23H2,1-3H3,(H,25,27)/b9-4+. The van der Waals surface area contributed by atoms with Crippen molar-refractivity contribution in [3.8, 4) is 0 Å². The zero-order valence-corrected chi connectivity index (χ0v) is 15.9. The molecule has 1 aromatic rings. The number of anilines is 3. The van der Waals surface area contributed by atoms with E-state index in [-0.39, 0.29) is 24.8 Å². The van der Waals surface area contributed by atoms with Crippen molar-refractivity contribution >= 4 is 23.0 Å². The molecule has 1 aliphatic rings. The van der Waals surface area contributed by atoms with Gasteiger partial charge in [-0.2, -0.15) is 13.2 Å². The molecule has 27 heavy (non-hydrogen) atoms. The van der Waals surface area contributed by atoms with Gasteiger partial charge in [0.15, 0.2) is 0 Å². The van der Waals surface area contributed by atoms with Crippen molar-refractivity contribution in [3.63, 3.8) is 0 Å². The minimum absolute atomic E-state index is 0.0423. The zero-order valence-electron chi connectivity index (χ0n) is 15.9. The van der Waals surface area contributed by atoms with Gasteiger partial charge < -0.3 is 21.3 Å². The summed E-state index contributed by atoms with van der Waals surface area (Å²) in [6, 6.07) is 3.11. The maximum absolute atomic E-state index is 12.8. The Morgan fingerprint density at radius 1 is 1.26 bits per heavy atom. The highest BCUT2D eigenvalue weighted by Crippen LogP contribution is 2.37. The monoisotopic (exact) mass is 384 g/mol. The van der Waals surface area contributed by atoms with Crippen molar-refractivity contribution in [3.05, 3.63) is 30.0 Å². The number of allylic oxidation sites excluding steroid dienone is 1. The van der Waals surface area contributed by atoms with Crippen molar-refractivity contribution in [2.45, 2.75) is 44.8 Å². The Morgan fingerprint density at radius 2 is 1.89 bits per heavy atom. The molecule has 0 aliphatic heterocycles. The first-order valence-electron chi connectivity index (χ1n) is 9.01. The molecule has 0 atom stereocenters. The second-order valence-electron chi connectivity index (χ2n) is 6.86. The Hall–Kier alpha value is -2.38. The third-order valence-electron chi connectivity index (χ3n) is 4.96. The maximum Gasteiger partial charge on any atom is 0.391 e. The minimum Gasteiger partial charge on any atom is -0.397 e. The topological polar surface area (TPSA) is 70.4 Å². The Bertz CT molecular complexity index is 695. The van der Waals surface area contributed by atoms with Gasteiger partial charge in [-0.1, -0.05) is 6.08 Å². The lowest BCUT2D eigenvalue weighted by Crippen LogP contribution is -2.40. The summed E-state index contributed by atoms with van der Waals surface area (Å²) in [7, 11) is 3.56. The van der Waals surface area contributed by atoms with Crippen LogP contribution in [-0.2, 0) is 0 Å². The van der Waals surface area contributed by atoms with Gasteiger partial charge in [-0.25, -0.2) is 0 Å². The molecule has 0 heterocycles. The number of halogens is 3.